The molecular formula is C17H24FN5S. The van der Waals surface area contributed by atoms with Gasteiger partial charge in [0.15, 0.2) is 5.96 Å². The van der Waals surface area contributed by atoms with Crippen molar-refractivity contribution in [2.45, 2.75) is 25.8 Å². The Balaban J connectivity index is 1.97. The average Bonchev–Trinajstić information content (AvgIpc) is 3.07. The lowest BCUT2D eigenvalue weighted by Gasteiger charge is -2.12. The largest absolute Gasteiger partial charge is 0.357 e. The lowest BCUT2D eigenvalue weighted by Crippen LogP contribution is -2.38. The summed E-state index contributed by atoms with van der Waals surface area (Å²) in [5.41, 5.74) is 2.05. The number of aliphatic imine (C=N–C) groups is 1. The van der Waals surface area contributed by atoms with Gasteiger partial charge in [-0.2, -0.15) is 16.9 Å². The third kappa shape index (κ3) is 5.88. The van der Waals surface area contributed by atoms with Crippen molar-refractivity contribution in [3.8, 4) is 0 Å². The highest BCUT2D eigenvalue weighted by Crippen LogP contribution is 2.17. The summed E-state index contributed by atoms with van der Waals surface area (Å²) in [7, 11) is 0. The molecular weight excluding hydrogens is 325 g/mol. The lowest BCUT2D eigenvalue weighted by molar-refractivity contribution is 0.598. The summed E-state index contributed by atoms with van der Waals surface area (Å²) in [6.07, 6.45) is 5.71. The molecule has 7 heteroatoms. The Hall–Kier alpha value is -2.02. The molecule has 0 spiro atoms. The summed E-state index contributed by atoms with van der Waals surface area (Å²) in [4.78, 5) is 4.61. The van der Waals surface area contributed by atoms with Crippen molar-refractivity contribution in [2.24, 2.45) is 4.99 Å². The maximum Gasteiger partial charge on any atom is 0.191 e. The van der Waals surface area contributed by atoms with Crippen molar-refractivity contribution in [1.29, 1.82) is 0 Å². The fourth-order valence-electron chi connectivity index (χ4n) is 2.27. The van der Waals surface area contributed by atoms with E-state index in [1.54, 1.807) is 24.0 Å². The molecule has 24 heavy (non-hydrogen) atoms. The van der Waals surface area contributed by atoms with Crippen LogP contribution in [0, 0.1) is 5.82 Å². The van der Waals surface area contributed by atoms with Crippen LogP contribution in [0.15, 0.2) is 41.7 Å². The molecule has 0 atom stereocenters. The molecule has 1 aromatic heterocycles. The van der Waals surface area contributed by atoms with Crippen LogP contribution in [0.5, 0.6) is 0 Å². The van der Waals surface area contributed by atoms with Gasteiger partial charge in [-0.25, -0.2) is 9.38 Å². The van der Waals surface area contributed by atoms with Gasteiger partial charge in [0.1, 0.15) is 5.82 Å². The molecule has 130 valence electrons. The Morgan fingerprint density at radius 3 is 2.92 bits per heavy atom. The van der Waals surface area contributed by atoms with Crippen LogP contribution in [-0.4, -0.2) is 35.1 Å². The van der Waals surface area contributed by atoms with Gasteiger partial charge in [0.2, 0.25) is 0 Å². The molecule has 0 bridgehead atoms. The van der Waals surface area contributed by atoms with E-state index in [9.17, 15) is 4.39 Å². The number of thioether (sulfide) groups is 1. The van der Waals surface area contributed by atoms with Crippen molar-refractivity contribution >= 4 is 17.7 Å². The van der Waals surface area contributed by atoms with E-state index in [1.165, 1.54) is 6.07 Å². The SMILES string of the molecule is CCNC(=NCc1ccc(F)cc1CSC)NCCn1cccn1. The number of rotatable bonds is 8. The second-order valence-corrected chi connectivity index (χ2v) is 6.10. The molecule has 0 fully saturated rings. The second kappa shape index (κ2) is 9.97. The quantitative estimate of drug-likeness (QED) is 0.568. The van der Waals surface area contributed by atoms with E-state index in [0.717, 1.165) is 42.5 Å². The zero-order valence-electron chi connectivity index (χ0n) is 14.1. The van der Waals surface area contributed by atoms with Crippen LogP contribution in [0.3, 0.4) is 0 Å². The fraction of sp³-hybridized carbons (Fsp3) is 0.412. The topological polar surface area (TPSA) is 54.2 Å². The van der Waals surface area contributed by atoms with Gasteiger partial charge in [-0.1, -0.05) is 6.07 Å². The van der Waals surface area contributed by atoms with Crippen LogP contribution >= 0.6 is 11.8 Å². The predicted molar refractivity (Wildman–Crippen MR) is 98.7 cm³/mol. The second-order valence-electron chi connectivity index (χ2n) is 5.24. The maximum atomic E-state index is 13.4. The predicted octanol–water partition coefficient (Wildman–Crippen LogP) is 2.64. The summed E-state index contributed by atoms with van der Waals surface area (Å²) < 4.78 is 15.3. The first-order valence-corrected chi connectivity index (χ1v) is 9.38. The van der Waals surface area contributed by atoms with Gasteiger partial charge in [-0.05, 0) is 42.5 Å². The molecule has 1 heterocycles. The van der Waals surface area contributed by atoms with E-state index in [2.05, 4.69) is 20.7 Å². The van der Waals surface area contributed by atoms with Crippen LogP contribution in [0.2, 0.25) is 0 Å². The molecule has 2 aromatic rings. The molecule has 0 amide bonds. The monoisotopic (exact) mass is 349 g/mol. The molecule has 0 aliphatic carbocycles. The molecule has 5 nitrogen and oxygen atoms in total. The van der Waals surface area contributed by atoms with Crippen LogP contribution in [0.25, 0.3) is 0 Å². The molecule has 0 saturated heterocycles. The number of benzene rings is 1. The van der Waals surface area contributed by atoms with Crippen molar-refractivity contribution in [1.82, 2.24) is 20.4 Å². The summed E-state index contributed by atoms with van der Waals surface area (Å²) in [6.45, 7) is 4.84. The number of nitrogens with one attached hydrogen (secondary N) is 2. The van der Waals surface area contributed by atoms with E-state index in [-0.39, 0.29) is 5.82 Å². The average molecular weight is 349 g/mol. The highest BCUT2D eigenvalue weighted by atomic mass is 32.2. The highest BCUT2D eigenvalue weighted by Gasteiger charge is 2.05. The summed E-state index contributed by atoms with van der Waals surface area (Å²) in [6, 6.07) is 6.81. The smallest absolute Gasteiger partial charge is 0.191 e. The van der Waals surface area contributed by atoms with Crippen molar-refractivity contribution in [2.75, 3.05) is 19.3 Å². The van der Waals surface area contributed by atoms with Gasteiger partial charge >= 0.3 is 0 Å². The van der Waals surface area contributed by atoms with Crippen molar-refractivity contribution in [3.05, 3.63) is 53.6 Å². The number of hydrogen-bond acceptors (Lipinski definition) is 3. The Morgan fingerprint density at radius 1 is 1.33 bits per heavy atom. The molecule has 0 aliphatic rings. The van der Waals surface area contributed by atoms with Crippen molar-refractivity contribution in [3.63, 3.8) is 0 Å². The highest BCUT2D eigenvalue weighted by molar-refractivity contribution is 7.97. The zero-order valence-corrected chi connectivity index (χ0v) is 14.9. The Labute approximate surface area is 146 Å². The first kappa shape index (κ1) is 18.3. The van der Waals surface area contributed by atoms with Gasteiger partial charge in [0.05, 0.1) is 13.1 Å². The van der Waals surface area contributed by atoms with Crippen molar-refractivity contribution < 1.29 is 4.39 Å². The maximum absolute atomic E-state index is 13.4. The zero-order chi connectivity index (χ0) is 17.2. The number of nitrogens with zero attached hydrogens (tertiary/aromatic N) is 3. The molecule has 0 aliphatic heterocycles. The van der Waals surface area contributed by atoms with Crippen LogP contribution in [0.4, 0.5) is 4.39 Å². The van der Waals surface area contributed by atoms with E-state index < -0.39 is 0 Å². The number of halogens is 1. The molecule has 0 unspecified atom stereocenters. The third-order valence-electron chi connectivity index (χ3n) is 3.41. The van der Waals surface area contributed by atoms with Crippen LogP contribution in [0.1, 0.15) is 18.1 Å². The summed E-state index contributed by atoms with van der Waals surface area (Å²) in [5.74, 6) is 1.34. The minimum absolute atomic E-state index is 0.198. The van der Waals surface area contributed by atoms with E-state index in [0.29, 0.717) is 6.54 Å². The van der Waals surface area contributed by atoms with Gasteiger partial charge in [0, 0.05) is 31.2 Å². The molecule has 0 saturated carbocycles. The van der Waals surface area contributed by atoms with Gasteiger partial charge < -0.3 is 10.6 Å². The van der Waals surface area contributed by atoms with E-state index >= 15 is 0 Å². The first-order chi connectivity index (χ1) is 11.7. The minimum Gasteiger partial charge on any atom is -0.357 e. The lowest BCUT2D eigenvalue weighted by atomic mass is 10.1. The normalized spacial score (nSPS) is 11.5. The number of guanidine groups is 1. The Kier molecular flexibility index (Phi) is 7.61. The Morgan fingerprint density at radius 2 is 2.21 bits per heavy atom. The summed E-state index contributed by atoms with van der Waals surface area (Å²) in [5, 5.41) is 10.7. The molecule has 0 radical (unpaired) electrons. The van der Waals surface area contributed by atoms with Gasteiger partial charge in [0.25, 0.3) is 0 Å². The summed E-state index contributed by atoms with van der Waals surface area (Å²) >= 11 is 1.68. The fourth-order valence-corrected chi connectivity index (χ4v) is 2.85. The van der Waals surface area contributed by atoms with Crippen LogP contribution < -0.4 is 10.6 Å². The number of hydrogen-bond donors (Lipinski definition) is 2. The molecule has 1 aromatic carbocycles. The number of aromatic nitrogens is 2. The standard InChI is InChI=1S/C17H24FN5S/c1-3-19-17(20-8-10-23-9-4-7-22-23)21-12-14-5-6-16(18)11-15(14)13-24-2/h4-7,9,11H,3,8,10,12-13H2,1-2H3,(H2,19,20,21). The van der Waals surface area contributed by atoms with E-state index in [1.807, 2.05) is 36.2 Å². The minimum atomic E-state index is -0.198. The molecule has 2 rings (SSSR count). The van der Waals surface area contributed by atoms with Crippen LogP contribution in [-0.2, 0) is 18.8 Å². The third-order valence-corrected chi connectivity index (χ3v) is 4.01. The van der Waals surface area contributed by atoms with Gasteiger partial charge in [-0.3, -0.25) is 4.68 Å². The molecule has 2 N–H and O–H groups in total. The Bertz CT molecular complexity index is 642. The van der Waals surface area contributed by atoms with Gasteiger partial charge in [-0.15, -0.1) is 0 Å². The first-order valence-electron chi connectivity index (χ1n) is 7.98. The van der Waals surface area contributed by atoms with E-state index in [4.69, 9.17) is 0 Å².